The van der Waals surface area contributed by atoms with Crippen LogP contribution in [0.5, 0.6) is 5.75 Å². The van der Waals surface area contributed by atoms with Gasteiger partial charge < -0.3 is 15.0 Å². The Morgan fingerprint density at radius 2 is 1.91 bits per heavy atom. The molecule has 1 N–H and O–H groups in total. The van der Waals surface area contributed by atoms with Crippen LogP contribution in [0.15, 0.2) is 18.2 Å². The molecule has 1 aliphatic rings. The van der Waals surface area contributed by atoms with Gasteiger partial charge in [0.25, 0.3) is 0 Å². The Hall–Kier alpha value is -1.78. The van der Waals surface area contributed by atoms with Crippen LogP contribution in [0.4, 0.5) is 14.9 Å². The van der Waals surface area contributed by atoms with E-state index < -0.39 is 5.82 Å². The number of nitrogens with zero attached hydrogens (tertiary/aromatic N) is 1. The molecule has 1 aromatic rings. The molecule has 0 heterocycles. The van der Waals surface area contributed by atoms with Crippen molar-refractivity contribution in [3.05, 3.63) is 24.0 Å². The summed E-state index contributed by atoms with van der Waals surface area (Å²) < 4.78 is 19.6. The van der Waals surface area contributed by atoms with Crippen LogP contribution in [0.1, 0.15) is 47.5 Å². The molecule has 0 saturated heterocycles. The molecule has 1 atom stereocenters. The zero-order chi connectivity index (χ0) is 17.1. The third-order valence-electron chi connectivity index (χ3n) is 4.13. The molecule has 4 nitrogen and oxygen atoms in total. The van der Waals surface area contributed by atoms with E-state index in [2.05, 4.69) is 19.2 Å². The second-order valence-corrected chi connectivity index (χ2v) is 6.86. The topological polar surface area (TPSA) is 41.6 Å². The van der Waals surface area contributed by atoms with Crippen molar-refractivity contribution in [2.75, 3.05) is 5.32 Å². The number of benzene rings is 1. The van der Waals surface area contributed by atoms with Gasteiger partial charge in [-0.2, -0.15) is 0 Å². The van der Waals surface area contributed by atoms with Crippen molar-refractivity contribution in [1.29, 1.82) is 0 Å². The number of amides is 2. The number of rotatable bonds is 6. The number of urea groups is 1. The predicted molar refractivity (Wildman–Crippen MR) is 90.3 cm³/mol. The van der Waals surface area contributed by atoms with Crippen LogP contribution < -0.4 is 10.1 Å². The Labute approximate surface area is 138 Å². The molecular weight excluding hydrogens is 295 g/mol. The van der Waals surface area contributed by atoms with Crippen molar-refractivity contribution >= 4 is 11.7 Å². The molecule has 0 bridgehead atoms. The summed E-state index contributed by atoms with van der Waals surface area (Å²) in [7, 11) is 0. The molecule has 0 aromatic heterocycles. The van der Waals surface area contributed by atoms with Crippen LogP contribution in [0.3, 0.4) is 0 Å². The highest BCUT2D eigenvalue weighted by atomic mass is 19.1. The van der Waals surface area contributed by atoms with Crippen LogP contribution in [0.25, 0.3) is 0 Å². The third kappa shape index (κ3) is 4.60. The first-order valence-electron chi connectivity index (χ1n) is 8.35. The molecule has 2 rings (SSSR count). The highest BCUT2D eigenvalue weighted by molar-refractivity contribution is 5.90. The minimum atomic E-state index is -0.482. The van der Waals surface area contributed by atoms with Gasteiger partial charge in [-0.1, -0.05) is 13.8 Å². The van der Waals surface area contributed by atoms with Gasteiger partial charge >= 0.3 is 6.03 Å². The van der Waals surface area contributed by atoms with Gasteiger partial charge in [-0.25, -0.2) is 9.18 Å². The molecule has 5 heteroatoms. The molecule has 2 amide bonds. The Morgan fingerprint density at radius 3 is 2.39 bits per heavy atom. The average Bonchev–Trinajstić information content (AvgIpc) is 3.26. The zero-order valence-corrected chi connectivity index (χ0v) is 14.6. The lowest BCUT2D eigenvalue weighted by molar-refractivity contribution is 0.169. The second-order valence-electron chi connectivity index (χ2n) is 6.86. The summed E-state index contributed by atoms with van der Waals surface area (Å²) in [5.41, 5.74) is 0.188. The molecule has 0 spiro atoms. The lowest BCUT2D eigenvalue weighted by Crippen LogP contribution is -2.45. The first-order valence-corrected chi connectivity index (χ1v) is 8.35. The molecular formula is C18H27FN2O2. The van der Waals surface area contributed by atoms with E-state index in [1.54, 1.807) is 12.1 Å². The lowest BCUT2D eigenvalue weighted by atomic mass is 10.0. The summed E-state index contributed by atoms with van der Waals surface area (Å²) in [6.45, 7) is 9.99. The highest BCUT2D eigenvalue weighted by Gasteiger charge is 2.36. The number of carbonyl (C=O) groups excluding carboxylic acids is 1. The maximum absolute atomic E-state index is 14.2. The van der Waals surface area contributed by atoms with E-state index in [-0.39, 0.29) is 29.9 Å². The summed E-state index contributed by atoms with van der Waals surface area (Å²) in [6, 6.07) is 4.70. The van der Waals surface area contributed by atoms with Crippen molar-refractivity contribution in [3.63, 3.8) is 0 Å². The maximum atomic E-state index is 14.2. The first-order chi connectivity index (χ1) is 10.8. The van der Waals surface area contributed by atoms with E-state index in [4.69, 9.17) is 4.74 Å². The number of carbonyl (C=O) groups is 1. The number of anilines is 1. The van der Waals surface area contributed by atoms with Crippen molar-refractivity contribution in [2.24, 2.45) is 5.92 Å². The maximum Gasteiger partial charge on any atom is 0.322 e. The summed E-state index contributed by atoms with van der Waals surface area (Å²) in [5.74, 6) is 0.336. The van der Waals surface area contributed by atoms with E-state index in [0.717, 1.165) is 12.8 Å². The van der Waals surface area contributed by atoms with Crippen LogP contribution in [-0.2, 0) is 0 Å². The van der Waals surface area contributed by atoms with Crippen LogP contribution in [-0.4, -0.2) is 29.1 Å². The van der Waals surface area contributed by atoms with Gasteiger partial charge in [0, 0.05) is 18.2 Å². The summed E-state index contributed by atoms with van der Waals surface area (Å²) in [6.07, 6.45) is 2.02. The Bertz CT molecular complexity index is 556. The number of hydrogen-bond acceptors (Lipinski definition) is 2. The van der Waals surface area contributed by atoms with E-state index in [0.29, 0.717) is 11.7 Å². The second kappa shape index (κ2) is 7.20. The van der Waals surface area contributed by atoms with Crippen molar-refractivity contribution in [3.8, 4) is 5.75 Å². The molecule has 23 heavy (non-hydrogen) atoms. The standard InChI is InChI=1S/C18H27FN2O2/c1-11(2)13(5)21(14-6-7-14)18(22)20-17-9-8-15(10-16(17)19)23-12(3)4/h8-14H,6-7H2,1-5H3,(H,20,22)/t13-/m1/s1. The van der Waals surface area contributed by atoms with Crippen LogP contribution in [0.2, 0.25) is 0 Å². The van der Waals surface area contributed by atoms with Crippen molar-refractivity contribution < 1.29 is 13.9 Å². The summed E-state index contributed by atoms with van der Waals surface area (Å²) in [4.78, 5) is 14.4. The lowest BCUT2D eigenvalue weighted by Gasteiger charge is -2.32. The quantitative estimate of drug-likeness (QED) is 0.828. The fraction of sp³-hybridized carbons (Fsp3) is 0.611. The van der Waals surface area contributed by atoms with E-state index in [9.17, 15) is 9.18 Å². The van der Waals surface area contributed by atoms with Gasteiger partial charge in [0.1, 0.15) is 11.6 Å². The fourth-order valence-corrected chi connectivity index (χ4v) is 2.48. The van der Waals surface area contributed by atoms with Gasteiger partial charge in [0.05, 0.1) is 11.8 Å². The van der Waals surface area contributed by atoms with Gasteiger partial charge in [-0.15, -0.1) is 0 Å². The van der Waals surface area contributed by atoms with Crippen LogP contribution >= 0.6 is 0 Å². The number of nitrogens with one attached hydrogen (secondary N) is 1. The number of ether oxygens (including phenoxy) is 1. The summed E-state index contributed by atoms with van der Waals surface area (Å²) >= 11 is 0. The Balaban J connectivity index is 2.09. The zero-order valence-electron chi connectivity index (χ0n) is 14.6. The first kappa shape index (κ1) is 17.6. The predicted octanol–water partition coefficient (Wildman–Crippen LogP) is 4.65. The molecule has 0 radical (unpaired) electrons. The highest BCUT2D eigenvalue weighted by Crippen LogP contribution is 2.31. The molecule has 1 aromatic carbocycles. The largest absolute Gasteiger partial charge is 0.491 e. The molecule has 128 valence electrons. The fourth-order valence-electron chi connectivity index (χ4n) is 2.48. The Morgan fingerprint density at radius 1 is 1.26 bits per heavy atom. The molecule has 0 unspecified atom stereocenters. The third-order valence-corrected chi connectivity index (χ3v) is 4.13. The molecule has 0 aliphatic heterocycles. The summed E-state index contributed by atoms with van der Waals surface area (Å²) in [5, 5.41) is 2.70. The van der Waals surface area contributed by atoms with E-state index in [1.165, 1.54) is 6.07 Å². The smallest absolute Gasteiger partial charge is 0.322 e. The van der Waals surface area contributed by atoms with Gasteiger partial charge in [0.15, 0.2) is 0 Å². The van der Waals surface area contributed by atoms with Gasteiger partial charge in [-0.05, 0) is 51.7 Å². The van der Waals surface area contributed by atoms with E-state index >= 15 is 0 Å². The monoisotopic (exact) mass is 322 g/mol. The van der Waals surface area contributed by atoms with E-state index in [1.807, 2.05) is 25.7 Å². The Kier molecular flexibility index (Phi) is 5.50. The van der Waals surface area contributed by atoms with Gasteiger partial charge in [0.2, 0.25) is 0 Å². The SMILES string of the molecule is CC(C)Oc1ccc(NC(=O)N(C2CC2)[C@H](C)C(C)C)c(F)c1. The number of hydrogen-bond donors (Lipinski definition) is 1. The molecule has 1 aliphatic carbocycles. The normalized spacial score (nSPS) is 15.7. The van der Waals surface area contributed by atoms with Crippen LogP contribution in [0, 0.1) is 11.7 Å². The molecule has 1 saturated carbocycles. The minimum Gasteiger partial charge on any atom is -0.491 e. The molecule has 1 fully saturated rings. The van der Waals surface area contributed by atoms with Gasteiger partial charge in [-0.3, -0.25) is 0 Å². The average molecular weight is 322 g/mol. The number of halogens is 1. The van der Waals surface area contributed by atoms with Crippen molar-refractivity contribution in [1.82, 2.24) is 4.90 Å². The van der Waals surface area contributed by atoms with Crippen molar-refractivity contribution in [2.45, 2.75) is 65.6 Å². The minimum absolute atomic E-state index is 0.0212.